The Labute approximate surface area is 102 Å². The van der Waals surface area contributed by atoms with Gasteiger partial charge >= 0.3 is 0 Å². The molecule has 1 unspecified atom stereocenters. The Morgan fingerprint density at radius 3 is 2.94 bits per heavy atom. The normalized spacial score (nSPS) is 20.9. The van der Waals surface area contributed by atoms with Crippen LogP contribution in [0, 0.1) is 6.92 Å². The molecule has 5 heteroatoms. The highest BCUT2D eigenvalue weighted by Crippen LogP contribution is 2.26. The first-order chi connectivity index (χ1) is 8.17. The van der Waals surface area contributed by atoms with E-state index in [1.165, 1.54) is 0 Å². The molecule has 0 saturated carbocycles. The van der Waals surface area contributed by atoms with Crippen molar-refractivity contribution in [3.8, 4) is 0 Å². The molecule has 2 rings (SSSR count). The number of methoxy groups -OCH3 is 1. The van der Waals surface area contributed by atoms with Crippen LogP contribution in [0.3, 0.4) is 0 Å². The third kappa shape index (κ3) is 2.30. The lowest BCUT2D eigenvalue weighted by Crippen LogP contribution is -2.40. The van der Waals surface area contributed by atoms with Crippen LogP contribution in [0.25, 0.3) is 0 Å². The zero-order valence-electron chi connectivity index (χ0n) is 10.8. The van der Waals surface area contributed by atoms with E-state index in [0.717, 1.165) is 43.0 Å². The summed E-state index contributed by atoms with van der Waals surface area (Å²) in [5, 5.41) is 13.8. The maximum Gasteiger partial charge on any atom is 0.132 e. The molecular formula is C12H21N3O2. The number of ether oxygens (including phenoxy) is 1. The predicted octanol–water partition coefficient (Wildman–Crippen LogP) is 0.836. The number of hydrogen-bond donors (Lipinski definition) is 1. The lowest BCUT2D eigenvalue weighted by Gasteiger charge is -2.33. The van der Waals surface area contributed by atoms with E-state index in [9.17, 15) is 5.11 Å². The molecule has 0 aromatic carbocycles. The molecule has 2 heterocycles. The van der Waals surface area contributed by atoms with Crippen LogP contribution < -0.4 is 4.90 Å². The van der Waals surface area contributed by atoms with Gasteiger partial charge in [0.1, 0.15) is 5.82 Å². The first-order valence-electron chi connectivity index (χ1n) is 6.08. The van der Waals surface area contributed by atoms with Gasteiger partial charge in [0.25, 0.3) is 0 Å². The second kappa shape index (κ2) is 5.06. The molecule has 0 spiro atoms. The van der Waals surface area contributed by atoms with Gasteiger partial charge in [-0.05, 0) is 19.8 Å². The van der Waals surface area contributed by atoms with E-state index in [-0.39, 0.29) is 12.7 Å². The van der Waals surface area contributed by atoms with Crippen LogP contribution in [0.15, 0.2) is 0 Å². The summed E-state index contributed by atoms with van der Waals surface area (Å²) in [5.74, 6) is 1.03. The van der Waals surface area contributed by atoms with Crippen LogP contribution in [-0.4, -0.2) is 41.2 Å². The minimum absolute atomic E-state index is 0.0448. The van der Waals surface area contributed by atoms with Crippen LogP contribution >= 0.6 is 0 Å². The third-order valence-corrected chi connectivity index (χ3v) is 3.48. The molecular weight excluding hydrogens is 218 g/mol. The van der Waals surface area contributed by atoms with Crippen molar-refractivity contribution in [2.24, 2.45) is 7.05 Å². The standard InChI is InChI=1S/C12H21N3O2/c1-9-11(8-16)12(14(2)13-9)15-6-4-5-10(7-15)17-3/h10,16H,4-8H2,1-3H3. The zero-order valence-corrected chi connectivity index (χ0v) is 10.8. The number of aliphatic hydroxyl groups excluding tert-OH is 1. The molecule has 1 atom stereocenters. The van der Waals surface area contributed by atoms with E-state index >= 15 is 0 Å². The number of anilines is 1. The number of nitrogens with zero attached hydrogens (tertiary/aromatic N) is 3. The molecule has 1 N–H and O–H groups in total. The summed E-state index contributed by atoms with van der Waals surface area (Å²) in [6.45, 7) is 3.87. The van der Waals surface area contributed by atoms with Crippen molar-refractivity contribution in [3.05, 3.63) is 11.3 Å². The van der Waals surface area contributed by atoms with Crippen LogP contribution in [0.4, 0.5) is 5.82 Å². The minimum atomic E-state index is 0.0448. The van der Waals surface area contributed by atoms with Gasteiger partial charge in [-0.25, -0.2) is 0 Å². The predicted molar refractivity (Wildman–Crippen MR) is 66.1 cm³/mol. The first-order valence-corrected chi connectivity index (χ1v) is 6.08. The van der Waals surface area contributed by atoms with Gasteiger partial charge in [0.2, 0.25) is 0 Å². The lowest BCUT2D eigenvalue weighted by atomic mass is 10.1. The molecule has 1 saturated heterocycles. The fraction of sp³-hybridized carbons (Fsp3) is 0.750. The number of aromatic nitrogens is 2. The van der Waals surface area contributed by atoms with E-state index < -0.39 is 0 Å². The van der Waals surface area contributed by atoms with E-state index in [4.69, 9.17) is 4.74 Å². The molecule has 0 radical (unpaired) electrons. The van der Waals surface area contributed by atoms with Crippen molar-refractivity contribution in [1.82, 2.24) is 9.78 Å². The summed E-state index contributed by atoms with van der Waals surface area (Å²) in [7, 11) is 3.69. The number of aliphatic hydroxyl groups is 1. The Hall–Kier alpha value is -1.07. The average Bonchev–Trinajstić information content (AvgIpc) is 2.63. The third-order valence-electron chi connectivity index (χ3n) is 3.48. The highest BCUT2D eigenvalue weighted by atomic mass is 16.5. The van der Waals surface area contributed by atoms with Crippen molar-refractivity contribution in [2.45, 2.75) is 32.5 Å². The minimum Gasteiger partial charge on any atom is -0.391 e. The van der Waals surface area contributed by atoms with Crippen molar-refractivity contribution >= 4 is 5.82 Å². The molecule has 1 aliphatic rings. The largest absolute Gasteiger partial charge is 0.391 e. The van der Waals surface area contributed by atoms with Gasteiger partial charge in [0.05, 0.1) is 18.4 Å². The maximum atomic E-state index is 9.46. The van der Waals surface area contributed by atoms with Crippen molar-refractivity contribution in [1.29, 1.82) is 0 Å². The molecule has 96 valence electrons. The number of piperidine rings is 1. The van der Waals surface area contributed by atoms with Gasteiger partial charge < -0.3 is 14.7 Å². The quantitative estimate of drug-likeness (QED) is 0.849. The molecule has 1 fully saturated rings. The highest BCUT2D eigenvalue weighted by Gasteiger charge is 2.25. The smallest absolute Gasteiger partial charge is 0.132 e. The number of aryl methyl sites for hydroxylation is 2. The summed E-state index contributed by atoms with van der Waals surface area (Å²) >= 11 is 0. The van der Waals surface area contributed by atoms with Crippen molar-refractivity contribution < 1.29 is 9.84 Å². The molecule has 1 aliphatic heterocycles. The van der Waals surface area contributed by atoms with Crippen molar-refractivity contribution in [2.75, 3.05) is 25.1 Å². The Kier molecular flexibility index (Phi) is 3.69. The second-order valence-corrected chi connectivity index (χ2v) is 4.62. The van der Waals surface area contributed by atoms with Crippen LogP contribution in [0.2, 0.25) is 0 Å². The average molecular weight is 239 g/mol. The van der Waals surface area contributed by atoms with Crippen LogP contribution in [0.5, 0.6) is 0 Å². The monoisotopic (exact) mass is 239 g/mol. The van der Waals surface area contributed by atoms with Gasteiger partial charge in [-0.1, -0.05) is 0 Å². The summed E-state index contributed by atoms with van der Waals surface area (Å²) < 4.78 is 7.29. The van der Waals surface area contributed by atoms with Gasteiger partial charge in [0.15, 0.2) is 0 Å². The van der Waals surface area contributed by atoms with E-state index in [1.54, 1.807) is 7.11 Å². The fourth-order valence-electron chi connectivity index (χ4n) is 2.59. The van der Waals surface area contributed by atoms with Gasteiger partial charge in [0, 0.05) is 32.8 Å². The zero-order chi connectivity index (χ0) is 12.4. The summed E-state index contributed by atoms with van der Waals surface area (Å²) in [6.07, 6.45) is 2.51. The fourth-order valence-corrected chi connectivity index (χ4v) is 2.59. The van der Waals surface area contributed by atoms with E-state index in [2.05, 4.69) is 10.00 Å². The Balaban J connectivity index is 2.26. The lowest BCUT2D eigenvalue weighted by molar-refractivity contribution is 0.0888. The topological polar surface area (TPSA) is 50.5 Å². The summed E-state index contributed by atoms with van der Waals surface area (Å²) in [4.78, 5) is 2.27. The molecule has 0 aliphatic carbocycles. The first kappa shape index (κ1) is 12.4. The van der Waals surface area contributed by atoms with E-state index in [1.807, 2.05) is 18.7 Å². The molecule has 0 amide bonds. The molecule has 5 nitrogen and oxygen atoms in total. The van der Waals surface area contributed by atoms with Gasteiger partial charge in [-0.15, -0.1) is 0 Å². The number of rotatable bonds is 3. The van der Waals surface area contributed by atoms with Crippen LogP contribution in [0.1, 0.15) is 24.1 Å². The van der Waals surface area contributed by atoms with Crippen molar-refractivity contribution in [3.63, 3.8) is 0 Å². The molecule has 1 aromatic rings. The highest BCUT2D eigenvalue weighted by molar-refractivity contribution is 5.50. The van der Waals surface area contributed by atoms with Gasteiger partial charge in [-0.2, -0.15) is 5.10 Å². The maximum absolute atomic E-state index is 9.46. The van der Waals surface area contributed by atoms with E-state index in [0.29, 0.717) is 0 Å². The summed E-state index contributed by atoms with van der Waals surface area (Å²) in [5.41, 5.74) is 1.84. The number of hydrogen-bond acceptors (Lipinski definition) is 4. The van der Waals surface area contributed by atoms with Gasteiger partial charge in [-0.3, -0.25) is 4.68 Å². The molecule has 0 bridgehead atoms. The summed E-state index contributed by atoms with van der Waals surface area (Å²) in [6, 6.07) is 0. The Morgan fingerprint density at radius 2 is 2.29 bits per heavy atom. The Bertz CT molecular complexity index is 389. The molecule has 17 heavy (non-hydrogen) atoms. The SMILES string of the molecule is COC1CCCN(c2c(CO)c(C)nn2C)C1. The molecule has 1 aromatic heterocycles. The second-order valence-electron chi connectivity index (χ2n) is 4.62. The van der Waals surface area contributed by atoms with Crippen LogP contribution in [-0.2, 0) is 18.4 Å². The Morgan fingerprint density at radius 1 is 1.53 bits per heavy atom.